The van der Waals surface area contributed by atoms with Gasteiger partial charge in [0.2, 0.25) is 5.91 Å². The first-order chi connectivity index (χ1) is 15.5. The van der Waals surface area contributed by atoms with E-state index in [1.54, 1.807) is 6.07 Å². The van der Waals surface area contributed by atoms with Crippen LogP contribution in [0.25, 0.3) is 6.20 Å². The maximum Gasteiger partial charge on any atom is 0.255 e. The van der Waals surface area contributed by atoms with Crippen LogP contribution in [0.15, 0.2) is 35.0 Å². The van der Waals surface area contributed by atoms with E-state index < -0.39 is 0 Å². The summed E-state index contributed by atoms with van der Waals surface area (Å²) in [5, 5.41) is 29.6. The van der Waals surface area contributed by atoms with E-state index in [9.17, 15) is 15.3 Å². The molecule has 9 heteroatoms. The number of unbranched alkanes of at least 4 members (excludes halogenated alkanes) is 2. The minimum atomic E-state index is -0.224. The predicted molar refractivity (Wildman–Crippen MR) is 125 cm³/mol. The average Bonchev–Trinajstić information content (AvgIpc) is 3.14. The highest BCUT2D eigenvalue weighted by Crippen LogP contribution is 2.32. The number of aromatic nitrogens is 2. The third-order valence-corrected chi connectivity index (χ3v) is 4.75. The maximum atomic E-state index is 11.8. The molecule has 1 aromatic heterocycles. The lowest BCUT2D eigenvalue weighted by atomic mass is 10.2. The molecule has 2 aromatic rings. The second-order valence-electron chi connectivity index (χ2n) is 7.16. The molecule has 1 heterocycles. The van der Waals surface area contributed by atoms with Crippen LogP contribution in [0.4, 0.5) is 23.0 Å². The Morgan fingerprint density at radius 1 is 1.22 bits per heavy atom. The van der Waals surface area contributed by atoms with E-state index in [1.165, 1.54) is 17.7 Å². The van der Waals surface area contributed by atoms with Gasteiger partial charge in [-0.1, -0.05) is 33.3 Å². The summed E-state index contributed by atoms with van der Waals surface area (Å²) in [4.78, 5) is 18.1. The zero-order valence-electron chi connectivity index (χ0n) is 18.8. The maximum absolute atomic E-state index is 11.8. The van der Waals surface area contributed by atoms with Gasteiger partial charge in [0.25, 0.3) is 5.95 Å². The van der Waals surface area contributed by atoms with Gasteiger partial charge in [-0.15, -0.1) is 10.2 Å². The average molecular weight is 433 g/mol. The number of rotatable bonds is 11. The Morgan fingerprint density at radius 2 is 1.91 bits per heavy atom. The number of nitrogens with zero attached hydrogens (tertiary/aromatic N) is 7. The molecule has 0 aliphatic rings. The Hall–Kier alpha value is -3.98. The lowest BCUT2D eigenvalue weighted by Gasteiger charge is -2.25. The van der Waals surface area contributed by atoms with E-state index in [4.69, 9.17) is 0 Å². The summed E-state index contributed by atoms with van der Waals surface area (Å²) in [5.74, 6) is -0.170. The standard InChI is InChI=1S/C23H28N8O/c1-5-8-12-30(13-9-6-2)18-10-11-19(20(14-18)26-17(4)32)28-29-23-27-21(15-24)22(16-25)31(23)7-3/h7,10-11,14H,3,5-6,8-9,12-13H2,1-2,4H3,(H,26,32). The number of amides is 1. The minimum absolute atomic E-state index is 0.0383. The van der Waals surface area contributed by atoms with Crippen molar-refractivity contribution in [1.82, 2.24) is 9.55 Å². The van der Waals surface area contributed by atoms with Gasteiger partial charge in [0, 0.05) is 31.9 Å². The van der Waals surface area contributed by atoms with Crippen LogP contribution in [-0.4, -0.2) is 28.5 Å². The fourth-order valence-electron chi connectivity index (χ4n) is 3.11. The summed E-state index contributed by atoms with van der Waals surface area (Å²) >= 11 is 0. The number of nitrogens with one attached hydrogen (secondary N) is 1. The quantitative estimate of drug-likeness (QED) is 0.469. The van der Waals surface area contributed by atoms with E-state index in [1.807, 2.05) is 24.3 Å². The SMILES string of the molecule is C=Cn1c(N=Nc2ccc(N(CCCC)CCCC)cc2NC(C)=O)nc(C#N)c1C#N. The van der Waals surface area contributed by atoms with Crippen LogP contribution in [0, 0.1) is 22.7 Å². The second-order valence-corrected chi connectivity index (χ2v) is 7.16. The predicted octanol–water partition coefficient (Wildman–Crippen LogP) is 5.51. The highest BCUT2D eigenvalue weighted by Gasteiger charge is 2.16. The Morgan fingerprint density at radius 3 is 2.44 bits per heavy atom. The summed E-state index contributed by atoms with van der Waals surface area (Å²) in [5.41, 5.74) is 1.94. The van der Waals surface area contributed by atoms with Crippen molar-refractivity contribution >= 4 is 35.1 Å². The number of carbonyl (C=O) groups excluding carboxylic acids is 1. The molecule has 32 heavy (non-hydrogen) atoms. The van der Waals surface area contributed by atoms with E-state index in [2.05, 4.69) is 45.9 Å². The Kier molecular flexibility index (Phi) is 9.12. The highest BCUT2D eigenvalue weighted by atomic mass is 16.1. The summed E-state index contributed by atoms with van der Waals surface area (Å²) in [7, 11) is 0. The van der Waals surface area contributed by atoms with Crippen LogP contribution < -0.4 is 10.2 Å². The lowest BCUT2D eigenvalue weighted by Crippen LogP contribution is -2.25. The van der Waals surface area contributed by atoms with Crippen molar-refractivity contribution in [3.05, 3.63) is 36.2 Å². The molecule has 166 valence electrons. The zero-order chi connectivity index (χ0) is 23.5. The van der Waals surface area contributed by atoms with Crippen molar-refractivity contribution in [2.75, 3.05) is 23.3 Å². The Bertz CT molecular complexity index is 1060. The fraction of sp³-hybridized carbons (Fsp3) is 0.391. The van der Waals surface area contributed by atoms with Crippen LogP contribution >= 0.6 is 0 Å². The van der Waals surface area contributed by atoms with Gasteiger partial charge < -0.3 is 10.2 Å². The topological polar surface area (TPSA) is 122 Å². The van der Waals surface area contributed by atoms with Gasteiger partial charge in [0.15, 0.2) is 11.4 Å². The van der Waals surface area contributed by atoms with Gasteiger partial charge in [0.05, 0.1) is 5.69 Å². The van der Waals surface area contributed by atoms with Crippen molar-refractivity contribution in [3.63, 3.8) is 0 Å². The fourth-order valence-corrected chi connectivity index (χ4v) is 3.11. The monoisotopic (exact) mass is 432 g/mol. The third-order valence-electron chi connectivity index (χ3n) is 4.75. The van der Waals surface area contributed by atoms with Crippen LogP contribution in [0.3, 0.4) is 0 Å². The Balaban J connectivity index is 2.45. The number of nitriles is 2. The normalized spacial score (nSPS) is 10.5. The molecule has 0 bridgehead atoms. The van der Waals surface area contributed by atoms with Crippen molar-refractivity contribution in [2.24, 2.45) is 10.2 Å². The number of carbonyl (C=O) groups is 1. The van der Waals surface area contributed by atoms with Gasteiger partial charge >= 0.3 is 0 Å². The second kappa shape index (κ2) is 12.0. The summed E-state index contributed by atoms with van der Waals surface area (Å²) in [6.07, 6.45) is 5.69. The molecule has 0 atom stereocenters. The van der Waals surface area contributed by atoms with Crippen LogP contribution in [-0.2, 0) is 4.79 Å². The number of hydrogen-bond donors (Lipinski definition) is 1. The van der Waals surface area contributed by atoms with Crippen LogP contribution in [0.2, 0.25) is 0 Å². The highest BCUT2D eigenvalue weighted by molar-refractivity contribution is 5.93. The van der Waals surface area contributed by atoms with E-state index in [-0.39, 0.29) is 23.2 Å². The van der Waals surface area contributed by atoms with Gasteiger partial charge in [0.1, 0.15) is 17.8 Å². The largest absolute Gasteiger partial charge is 0.371 e. The third kappa shape index (κ3) is 6.02. The number of anilines is 2. The molecule has 1 N–H and O–H groups in total. The molecule has 0 saturated carbocycles. The molecular weight excluding hydrogens is 404 g/mol. The molecule has 9 nitrogen and oxygen atoms in total. The molecule has 2 rings (SSSR count). The van der Waals surface area contributed by atoms with Gasteiger partial charge in [-0.2, -0.15) is 15.5 Å². The van der Waals surface area contributed by atoms with Crippen LogP contribution in [0.5, 0.6) is 0 Å². The molecule has 0 radical (unpaired) electrons. The van der Waals surface area contributed by atoms with Crippen molar-refractivity contribution in [2.45, 2.75) is 46.5 Å². The molecule has 0 fully saturated rings. The van der Waals surface area contributed by atoms with Crippen molar-refractivity contribution < 1.29 is 4.79 Å². The van der Waals surface area contributed by atoms with E-state index in [0.717, 1.165) is 44.5 Å². The first-order valence-corrected chi connectivity index (χ1v) is 10.6. The molecular formula is C23H28N8O. The first kappa shape index (κ1) is 24.3. The van der Waals surface area contributed by atoms with Gasteiger partial charge in [-0.05, 0) is 31.0 Å². The zero-order valence-corrected chi connectivity index (χ0v) is 18.8. The molecule has 0 spiro atoms. The van der Waals surface area contributed by atoms with Gasteiger partial charge in [-0.3, -0.25) is 9.36 Å². The van der Waals surface area contributed by atoms with Crippen molar-refractivity contribution in [1.29, 1.82) is 10.5 Å². The first-order valence-electron chi connectivity index (χ1n) is 10.6. The number of imidazole rings is 1. The molecule has 0 aliphatic carbocycles. The molecule has 0 unspecified atom stereocenters. The van der Waals surface area contributed by atoms with Gasteiger partial charge in [-0.25, -0.2) is 0 Å². The van der Waals surface area contributed by atoms with Crippen molar-refractivity contribution in [3.8, 4) is 12.1 Å². The minimum Gasteiger partial charge on any atom is -0.371 e. The molecule has 0 saturated heterocycles. The van der Waals surface area contributed by atoms with E-state index >= 15 is 0 Å². The lowest BCUT2D eigenvalue weighted by molar-refractivity contribution is -0.114. The molecule has 1 aromatic carbocycles. The summed E-state index contributed by atoms with van der Waals surface area (Å²) in [6, 6.07) is 9.41. The summed E-state index contributed by atoms with van der Waals surface area (Å²) < 4.78 is 1.30. The number of hydrogen-bond acceptors (Lipinski definition) is 7. The number of benzene rings is 1. The molecule has 0 aliphatic heterocycles. The Labute approximate surface area is 188 Å². The smallest absolute Gasteiger partial charge is 0.255 e. The molecule has 1 amide bonds. The summed E-state index contributed by atoms with van der Waals surface area (Å²) in [6.45, 7) is 11.3. The number of azo groups is 1. The van der Waals surface area contributed by atoms with Crippen LogP contribution in [0.1, 0.15) is 57.8 Å². The van der Waals surface area contributed by atoms with E-state index in [0.29, 0.717) is 11.4 Å².